The minimum absolute atomic E-state index is 0.0832. The summed E-state index contributed by atoms with van der Waals surface area (Å²) in [6.07, 6.45) is -9.63. The normalized spacial score (nSPS) is 12.4. The molecule has 3 rings (SSSR count). The van der Waals surface area contributed by atoms with Gasteiger partial charge in [0.2, 0.25) is 0 Å². The third-order valence-electron chi connectivity index (χ3n) is 5.81. The Balaban J connectivity index is 2.03. The Kier molecular flexibility index (Phi) is 9.44. The van der Waals surface area contributed by atoms with Crippen molar-refractivity contribution in [3.8, 4) is 0 Å². The molecule has 3 aromatic rings. The van der Waals surface area contributed by atoms with Crippen molar-refractivity contribution >= 4 is 50.7 Å². The van der Waals surface area contributed by atoms with Crippen LogP contribution in [0.5, 0.6) is 0 Å². The van der Waals surface area contributed by atoms with Gasteiger partial charge in [-0.2, -0.15) is 26.3 Å². The maximum Gasteiger partial charge on any atom is 0.435 e. The fourth-order valence-corrected chi connectivity index (χ4v) is 4.70. The van der Waals surface area contributed by atoms with E-state index in [4.69, 9.17) is 23.2 Å². The first-order valence-corrected chi connectivity index (χ1v) is 12.6. The largest absolute Gasteiger partial charge is 0.435 e. The first-order valence-electron chi connectivity index (χ1n) is 11.0. The molecule has 210 valence electrons. The molecule has 0 aliphatic carbocycles. The van der Waals surface area contributed by atoms with Crippen molar-refractivity contribution in [2.75, 3.05) is 18.5 Å². The number of benzene rings is 2. The zero-order chi connectivity index (χ0) is 29.2. The van der Waals surface area contributed by atoms with Crippen LogP contribution in [-0.4, -0.2) is 36.8 Å². The maximum atomic E-state index is 15.0. The number of alkyl halides is 7. The second-order valence-electron chi connectivity index (χ2n) is 8.46. The number of nitrogens with one attached hydrogen (secondary N) is 1. The van der Waals surface area contributed by atoms with Crippen molar-refractivity contribution in [2.24, 2.45) is 0 Å². The number of aromatic nitrogens is 1. The fourth-order valence-electron chi connectivity index (χ4n) is 3.72. The molecule has 0 aliphatic heterocycles. The monoisotopic (exact) mass is 659 g/mol. The van der Waals surface area contributed by atoms with E-state index in [1.165, 1.54) is 36.5 Å². The molecule has 4 nitrogen and oxygen atoms in total. The highest BCUT2D eigenvalue weighted by molar-refractivity contribution is 9.10. The topological polar surface area (TPSA) is 45.2 Å². The molecule has 0 radical (unpaired) electrons. The third-order valence-corrected chi connectivity index (χ3v) is 7.21. The summed E-state index contributed by atoms with van der Waals surface area (Å²) in [4.78, 5) is 17.7. The van der Waals surface area contributed by atoms with Gasteiger partial charge in [0.05, 0.1) is 15.6 Å². The number of anilines is 1. The van der Waals surface area contributed by atoms with Crippen molar-refractivity contribution in [1.29, 1.82) is 0 Å². The van der Waals surface area contributed by atoms with Crippen molar-refractivity contribution in [3.05, 3.63) is 91.6 Å². The van der Waals surface area contributed by atoms with Crippen LogP contribution in [0.3, 0.4) is 0 Å². The summed E-state index contributed by atoms with van der Waals surface area (Å²) in [5, 5.41) is 3.11. The Morgan fingerprint density at radius 3 is 2.23 bits per heavy atom. The Labute approximate surface area is 237 Å². The molecule has 0 spiro atoms. The lowest BCUT2D eigenvalue weighted by molar-refractivity contribution is -0.348. The number of likely N-dealkylation sites (N-methyl/N-ethyl adjacent to an activating group) is 1. The lowest BCUT2D eigenvalue weighted by Crippen LogP contribution is -2.50. The summed E-state index contributed by atoms with van der Waals surface area (Å²) < 4.78 is 95.7. The molecule has 1 amide bonds. The van der Waals surface area contributed by atoms with E-state index in [9.17, 15) is 31.1 Å². The fraction of sp³-hybridized carbons (Fsp3) is 0.280. The molecule has 0 unspecified atom stereocenters. The lowest BCUT2D eigenvalue weighted by Gasteiger charge is -2.33. The molecule has 0 saturated carbocycles. The highest BCUT2D eigenvalue weighted by Gasteiger charge is 2.74. The Morgan fingerprint density at radius 1 is 1.00 bits per heavy atom. The van der Waals surface area contributed by atoms with Crippen LogP contribution < -0.4 is 10.2 Å². The Bertz CT molecular complexity index is 1320. The zero-order valence-corrected chi connectivity index (χ0v) is 23.0. The molecular weight excluding hydrogens is 642 g/mol. The number of rotatable bonds is 8. The van der Waals surface area contributed by atoms with E-state index in [-0.39, 0.29) is 41.3 Å². The van der Waals surface area contributed by atoms with Gasteiger partial charge in [0, 0.05) is 48.3 Å². The van der Waals surface area contributed by atoms with Gasteiger partial charge in [-0.1, -0.05) is 45.2 Å². The summed E-state index contributed by atoms with van der Waals surface area (Å²) in [5.41, 5.74) is -6.48. The van der Waals surface area contributed by atoms with Crippen molar-refractivity contribution in [1.82, 2.24) is 10.3 Å². The van der Waals surface area contributed by atoms with Gasteiger partial charge in [-0.15, -0.1) is 0 Å². The summed E-state index contributed by atoms with van der Waals surface area (Å²) in [7, 11) is 1.41. The summed E-state index contributed by atoms with van der Waals surface area (Å²) in [6.45, 7) is -0.212. The maximum absolute atomic E-state index is 15.0. The highest BCUT2D eigenvalue weighted by Crippen LogP contribution is 2.55. The standard InChI is InChI=1S/C25H19BrCl2F7N3O/c1-38(8-6-14-4-5-19(27)20(28)9-14)21-11-17(23(29,24(30,31)32)25(33,34)35)18(26)10-16(21)13-37-22(39)15-3-2-7-36-12-15/h2-5,7,9-12H,6,8,13H2,1H3,(H,37,39). The SMILES string of the molecule is CN(CCc1ccc(Cl)c(Cl)c1)c1cc(C(F)(C(F)(F)F)C(F)(F)F)c(Br)cc1CNC(=O)c1cccnc1. The smallest absolute Gasteiger partial charge is 0.374 e. The molecule has 0 fully saturated rings. The number of nitrogens with zero attached hydrogens (tertiary/aromatic N) is 2. The molecule has 0 aliphatic rings. The van der Waals surface area contributed by atoms with Crippen LogP contribution in [0.4, 0.5) is 36.4 Å². The van der Waals surface area contributed by atoms with Gasteiger partial charge in [0.1, 0.15) is 0 Å². The van der Waals surface area contributed by atoms with Crippen LogP contribution in [0.15, 0.2) is 59.3 Å². The summed E-state index contributed by atoms with van der Waals surface area (Å²) >= 11 is 14.6. The van der Waals surface area contributed by atoms with Crippen LogP contribution in [0, 0.1) is 0 Å². The molecule has 14 heteroatoms. The minimum Gasteiger partial charge on any atom is -0.374 e. The predicted octanol–water partition coefficient (Wildman–Crippen LogP) is 8.05. The van der Waals surface area contributed by atoms with Gasteiger partial charge in [0.25, 0.3) is 5.91 Å². The number of hydrogen-bond donors (Lipinski definition) is 1. The average molecular weight is 661 g/mol. The zero-order valence-electron chi connectivity index (χ0n) is 19.9. The molecule has 0 atom stereocenters. The van der Waals surface area contributed by atoms with Gasteiger partial charge in [-0.3, -0.25) is 9.78 Å². The molecular formula is C25H19BrCl2F7N3O. The molecule has 0 bridgehead atoms. The molecule has 1 aromatic heterocycles. The van der Waals surface area contributed by atoms with Crippen LogP contribution in [0.2, 0.25) is 10.0 Å². The van der Waals surface area contributed by atoms with E-state index >= 15 is 4.39 Å². The summed E-state index contributed by atoms with van der Waals surface area (Å²) in [5.74, 6) is -0.585. The number of pyridine rings is 1. The third kappa shape index (κ3) is 6.78. The molecule has 39 heavy (non-hydrogen) atoms. The first kappa shape index (κ1) is 31.0. The van der Waals surface area contributed by atoms with E-state index < -0.39 is 34.0 Å². The summed E-state index contributed by atoms with van der Waals surface area (Å²) in [6, 6.07) is 9.17. The van der Waals surface area contributed by atoms with Crippen molar-refractivity contribution < 1.29 is 35.5 Å². The van der Waals surface area contributed by atoms with Gasteiger partial charge in [-0.05, 0) is 53.9 Å². The van der Waals surface area contributed by atoms with E-state index in [0.717, 1.165) is 6.07 Å². The van der Waals surface area contributed by atoms with Crippen molar-refractivity contribution in [2.45, 2.75) is 31.0 Å². The molecule has 1 heterocycles. The second-order valence-corrected chi connectivity index (χ2v) is 10.1. The predicted molar refractivity (Wildman–Crippen MR) is 138 cm³/mol. The number of amides is 1. The van der Waals surface area contributed by atoms with E-state index in [1.807, 2.05) is 0 Å². The van der Waals surface area contributed by atoms with Gasteiger partial charge < -0.3 is 10.2 Å². The van der Waals surface area contributed by atoms with Gasteiger partial charge in [-0.25, -0.2) is 4.39 Å². The average Bonchev–Trinajstić information content (AvgIpc) is 2.86. The van der Waals surface area contributed by atoms with Gasteiger partial charge in [0.15, 0.2) is 0 Å². The van der Waals surface area contributed by atoms with Crippen LogP contribution in [0.1, 0.15) is 27.0 Å². The van der Waals surface area contributed by atoms with Gasteiger partial charge >= 0.3 is 18.0 Å². The quantitative estimate of drug-likeness (QED) is 0.249. The van der Waals surface area contributed by atoms with Crippen LogP contribution in [-0.2, 0) is 18.6 Å². The highest BCUT2D eigenvalue weighted by atomic mass is 79.9. The van der Waals surface area contributed by atoms with E-state index in [0.29, 0.717) is 16.7 Å². The second kappa shape index (κ2) is 11.9. The molecule has 0 saturated heterocycles. The van der Waals surface area contributed by atoms with Crippen LogP contribution >= 0.6 is 39.1 Å². The Hall–Kier alpha value is -2.57. The van der Waals surface area contributed by atoms with Crippen LogP contribution in [0.25, 0.3) is 0 Å². The minimum atomic E-state index is -6.31. The van der Waals surface area contributed by atoms with E-state index in [2.05, 4.69) is 26.2 Å². The number of carbonyl (C=O) groups is 1. The molecule has 2 aromatic carbocycles. The number of halogens is 10. The number of carbonyl (C=O) groups excluding carboxylic acids is 1. The lowest BCUT2D eigenvalue weighted by atomic mass is 9.92. The molecule has 1 N–H and O–H groups in total. The Morgan fingerprint density at radius 2 is 1.67 bits per heavy atom. The van der Waals surface area contributed by atoms with Crippen molar-refractivity contribution in [3.63, 3.8) is 0 Å². The first-order chi connectivity index (χ1) is 18.1. The number of hydrogen-bond acceptors (Lipinski definition) is 3. The van der Waals surface area contributed by atoms with E-state index in [1.54, 1.807) is 18.2 Å².